The maximum Gasteiger partial charge on any atom is 0.228 e. The van der Waals surface area contributed by atoms with Gasteiger partial charge in [0.2, 0.25) is 11.8 Å². The molecule has 0 bridgehead atoms. The lowest BCUT2D eigenvalue weighted by Crippen LogP contribution is -2.47. The molecule has 0 atom stereocenters. The number of carbonyl (C=O) groups is 2. The van der Waals surface area contributed by atoms with Crippen LogP contribution >= 0.6 is 0 Å². The lowest BCUT2D eigenvalue weighted by Gasteiger charge is -2.36. The molecule has 6 heteroatoms. The minimum Gasteiger partial charge on any atom is -0.491 e. The van der Waals surface area contributed by atoms with Crippen molar-refractivity contribution in [3.63, 3.8) is 0 Å². The Morgan fingerprint density at radius 2 is 1.73 bits per heavy atom. The average Bonchev–Trinajstić information content (AvgIpc) is 2.96. The van der Waals surface area contributed by atoms with E-state index < -0.39 is 0 Å². The molecule has 164 valence electrons. The number of nitrogens with zero attached hydrogens (tertiary/aromatic N) is 3. The second kappa shape index (κ2) is 8.96. The maximum absolute atomic E-state index is 13.4. The van der Waals surface area contributed by atoms with Crippen LogP contribution in [0.5, 0.6) is 5.75 Å². The standard InChI is InChI=1S/C24H35N3O3/c1-19(28)26-12-10-25(11-13-26)17-20-6-7-22-21(16-20)18-27(14-15-30-22)23(29)24(2)8-4-3-5-9-24/h6-7,16H,3-5,8-15,17-18H2,1-2H3. The zero-order valence-electron chi connectivity index (χ0n) is 18.5. The monoisotopic (exact) mass is 413 g/mol. The van der Waals surface area contributed by atoms with Crippen LogP contribution in [0.2, 0.25) is 0 Å². The number of carbonyl (C=O) groups excluding carboxylic acids is 2. The number of rotatable bonds is 3. The van der Waals surface area contributed by atoms with E-state index >= 15 is 0 Å². The molecule has 3 aliphatic rings. The van der Waals surface area contributed by atoms with Gasteiger partial charge in [-0.25, -0.2) is 0 Å². The van der Waals surface area contributed by atoms with Gasteiger partial charge in [-0.2, -0.15) is 0 Å². The molecule has 0 radical (unpaired) electrons. The normalized spacial score (nSPS) is 22.1. The molecule has 1 aromatic carbocycles. The van der Waals surface area contributed by atoms with E-state index in [1.165, 1.54) is 12.0 Å². The van der Waals surface area contributed by atoms with Crippen molar-refractivity contribution >= 4 is 11.8 Å². The van der Waals surface area contributed by atoms with Crippen LogP contribution < -0.4 is 4.74 Å². The van der Waals surface area contributed by atoms with E-state index in [9.17, 15) is 9.59 Å². The summed E-state index contributed by atoms with van der Waals surface area (Å²) < 4.78 is 5.98. The third-order valence-corrected chi connectivity index (χ3v) is 7.09. The van der Waals surface area contributed by atoms with Gasteiger partial charge < -0.3 is 14.5 Å². The first-order valence-corrected chi connectivity index (χ1v) is 11.5. The summed E-state index contributed by atoms with van der Waals surface area (Å²) >= 11 is 0. The van der Waals surface area contributed by atoms with E-state index in [0.717, 1.165) is 69.7 Å². The largest absolute Gasteiger partial charge is 0.491 e. The van der Waals surface area contributed by atoms with Gasteiger partial charge in [-0.1, -0.05) is 32.3 Å². The Kier molecular flexibility index (Phi) is 6.32. The van der Waals surface area contributed by atoms with Gasteiger partial charge in [0.05, 0.1) is 6.54 Å². The minimum absolute atomic E-state index is 0.160. The van der Waals surface area contributed by atoms with Gasteiger partial charge in [0.1, 0.15) is 12.4 Å². The van der Waals surface area contributed by atoms with E-state index in [2.05, 4.69) is 30.0 Å². The first-order chi connectivity index (χ1) is 14.4. The third kappa shape index (κ3) is 4.64. The molecule has 1 aromatic rings. The van der Waals surface area contributed by atoms with Crippen molar-refractivity contribution in [2.45, 2.75) is 59.0 Å². The van der Waals surface area contributed by atoms with E-state index in [-0.39, 0.29) is 11.3 Å². The summed E-state index contributed by atoms with van der Waals surface area (Å²) in [7, 11) is 0. The van der Waals surface area contributed by atoms with Crippen molar-refractivity contribution in [1.29, 1.82) is 0 Å². The average molecular weight is 414 g/mol. The molecule has 2 heterocycles. The first kappa shape index (κ1) is 21.2. The van der Waals surface area contributed by atoms with Crippen LogP contribution in [-0.4, -0.2) is 65.8 Å². The summed E-state index contributed by atoms with van der Waals surface area (Å²) in [5.41, 5.74) is 2.14. The highest BCUT2D eigenvalue weighted by Gasteiger charge is 2.38. The quantitative estimate of drug-likeness (QED) is 0.764. The minimum atomic E-state index is -0.212. The van der Waals surface area contributed by atoms with Crippen molar-refractivity contribution in [2.24, 2.45) is 5.41 Å². The smallest absolute Gasteiger partial charge is 0.228 e. The molecule has 1 aliphatic carbocycles. The van der Waals surface area contributed by atoms with Crippen LogP contribution in [0.1, 0.15) is 57.1 Å². The summed E-state index contributed by atoms with van der Waals surface area (Å²) in [4.78, 5) is 31.2. The number of ether oxygens (including phenoxy) is 1. The molecule has 1 saturated heterocycles. The van der Waals surface area contributed by atoms with E-state index in [0.29, 0.717) is 25.6 Å². The van der Waals surface area contributed by atoms with Crippen LogP contribution in [0.4, 0.5) is 0 Å². The molecular weight excluding hydrogens is 378 g/mol. The molecule has 2 fully saturated rings. The van der Waals surface area contributed by atoms with Crippen LogP contribution in [0.3, 0.4) is 0 Å². The van der Waals surface area contributed by atoms with Crippen molar-refractivity contribution in [3.05, 3.63) is 29.3 Å². The summed E-state index contributed by atoms with van der Waals surface area (Å²) in [6, 6.07) is 6.41. The maximum atomic E-state index is 13.4. The molecule has 6 nitrogen and oxygen atoms in total. The van der Waals surface area contributed by atoms with Gasteiger partial charge in [-0.15, -0.1) is 0 Å². The summed E-state index contributed by atoms with van der Waals surface area (Å²) in [6.45, 7) is 9.90. The fourth-order valence-electron chi connectivity index (χ4n) is 5.13. The number of hydrogen-bond acceptors (Lipinski definition) is 4. The molecule has 0 N–H and O–H groups in total. The second-order valence-corrected chi connectivity index (χ2v) is 9.42. The van der Waals surface area contributed by atoms with Gasteiger partial charge in [0.25, 0.3) is 0 Å². The zero-order valence-corrected chi connectivity index (χ0v) is 18.5. The Morgan fingerprint density at radius 3 is 2.43 bits per heavy atom. The van der Waals surface area contributed by atoms with Crippen LogP contribution in [0, 0.1) is 5.41 Å². The lowest BCUT2D eigenvalue weighted by molar-refractivity contribution is -0.144. The Hall–Kier alpha value is -2.08. The number of piperazine rings is 1. The van der Waals surface area contributed by atoms with Crippen LogP contribution in [0.15, 0.2) is 18.2 Å². The molecule has 1 saturated carbocycles. The molecule has 2 amide bonds. The molecule has 0 aromatic heterocycles. The molecule has 0 unspecified atom stereocenters. The van der Waals surface area contributed by atoms with Crippen molar-refractivity contribution < 1.29 is 14.3 Å². The van der Waals surface area contributed by atoms with Gasteiger partial charge in [-0.3, -0.25) is 14.5 Å². The van der Waals surface area contributed by atoms with Crippen LogP contribution in [0.25, 0.3) is 0 Å². The highest BCUT2D eigenvalue weighted by atomic mass is 16.5. The van der Waals surface area contributed by atoms with E-state index in [4.69, 9.17) is 4.74 Å². The predicted octanol–water partition coefficient (Wildman–Crippen LogP) is 3.04. The van der Waals surface area contributed by atoms with E-state index in [1.54, 1.807) is 6.92 Å². The highest BCUT2D eigenvalue weighted by molar-refractivity contribution is 5.82. The Morgan fingerprint density at radius 1 is 1.00 bits per heavy atom. The number of hydrogen-bond donors (Lipinski definition) is 0. The Labute approximate surface area is 180 Å². The number of fused-ring (bicyclic) bond motifs is 1. The van der Waals surface area contributed by atoms with Gasteiger partial charge in [0, 0.05) is 57.2 Å². The predicted molar refractivity (Wildman–Crippen MR) is 116 cm³/mol. The first-order valence-electron chi connectivity index (χ1n) is 11.5. The SMILES string of the molecule is CC(=O)N1CCN(Cc2ccc3c(c2)CN(C(=O)C2(C)CCCCC2)CCO3)CC1. The van der Waals surface area contributed by atoms with Crippen molar-refractivity contribution in [3.8, 4) is 5.75 Å². The van der Waals surface area contributed by atoms with Crippen molar-refractivity contribution in [1.82, 2.24) is 14.7 Å². The molecule has 0 spiro atoms. The topological polar surface area (TPSA) is 53.1 Å². The van der Waals surface area contributed by atoms with E-state index in [1.807, 2.05) is 9.80 Å². The highest BCUT2D eigenvalue weighted by Crippen LogP contribution is 2.38. The fourth-order valence-corrected chi connectivity index (χ4v) is 5.13. The number of benzene rings is 1. The second-order valence-electron chi connectivity index (χ2n) is 9.42. The summed E-state index contributed by atoms with van der Waals surface area (Å²) in [5.74, 6) is 1.36. The fraction of sp³-hybridized carbons (Fsp3) is 0.667. The molecule has 4 rings (SSSR count). The van der Waals surface area contributed by atoms with Gasteiger partial charge in [-0.05, 0) is 30.5 Å². The Balaban J connectivity index is 1.43. The van der Waals surface area contributed by atoms with Gasteiger partial charge in [0.15, 0.2) is 0 Å². The third-order valence-electron chi connectivity index (χ3n) is 7.09. The Bertz CT molecular complexity index is 780. The molecule has 2 aliphatic heterocycles. The lowest BCUT2D eigenvalue weighted by atomic mass is 9.74. The van der Waals surface area contributed by atoms with Crippen LogP contribution in [-0.2, 0) is 22.7 Å². The van der Waals surface area contributed by atoms with Gasteiger partial charge >= 0.3 is 0 Å². The molecule has 30 heavy (non-hydrogen) atoms. The summed E-state index contributed by atoms with van der Waals surface area (Å²) in [5, 5.41) is 0. The number of amides is 2. The van der Waals surface area contributed by atoms with Crippen molar-refractivity contribution in [2.75, 3.05) is 39.3 Å². The molecular formula is C24H35N3O3. The zero-order chi connectivity index (χ0) is 21.1. The summed E-state index contributed by atoms with van der Waals surface area (Å²) in [6.07, 6.45) is 5.57.